The van der Waals surface area contributed by atoms with Crippen LogP contribution in [-0.4, -0.2) is 4.98 Å². The number of benzene rings is 1. The summed E-state index contributed by atoms with van der Waals surface area (Å²) in [7, 11) is 0. The van der Waals surface area contributed by atoms with Crippen molar-refractivity contribution in [3.8, 4) is 0 Å². The highest BCUT2D eigenvalue weighted by atomic mass is 35.5. The minimum atomic E-state index is 0.265. The van der Waals surface area contributed by atoms with E-state index >= 15 is 0 Å². The van der Waals surface area contributed by atoms with Crippen LogP contribution in [0.15, 0.2) is 30.5 Å². The van der Waals surface area contributed by atoms with Gasteiger partial charge in [0.2, 0.25) is 0 Å². The van der Waals surface area contributed by atoms with Gasteiger partial charge < -0.3 is 5.32 Å². The molecule has 1 aromatic carbocycles. The lowest BCUT2D eigenvalue weighted by Crippen LogP contribution is -2.24. The van der Waals surface area contributed by atoms with Gasteiger partial charge in [-0.3, -0.25) is 0 Å². The summed E-state index contributed by atoms with van der Waals surface area (Å²) in [6.07, 6.45) is 4.08. The van der Waals surface area contributed by atoms with Crippen LogP contribution in [0.1, 0.15) is 54.7 Å². The molecular formula is C16H21ClN2S. The molecule has 2 rings (SSSR count). The van der Waals surface area contributed by atoms with Crippen LogP contribution in [0.25, 0.3) is 0 Å². The first-order chi connectivity index (χ1) is 9.63. The number of halogens is 1. The third-order valence-electron chi connectivity index (χ3n) is 3.42. The van der Waals surface area contributed by atoms with Crippen LogP contribution in [0.5, 0.6) is 0 Å². The van der Waals surface area contributed by atoms with Crippen molar-refractivity contribution in [2.75, 3.05) is 0 Å². The Kier molecular flexibility index (Phi) is 5.58. The predicted molar refractivity (Wildman–Crippen MR) is 87.5 cm³/mol. The zero-order valence-corrected chi connectivity index (χ0v) is 13.8. The average molecular weight is 309 g/mol. The van der Waals surface area contributed by atoms with E-state index in [2.05, 4.69) is 43.2 Å². The molecule has 0 aliphatic rings. The van der Waals surface area contributed by atoms with E-state index in [1.165, 1.54) is 10.4 Å². The molecule has 1 heterocycles. The van der Waals surface area contributed by atoms with E-state index in [1.807, 2.05) is 18.3 Å². The van der Waals surface area contributed by atoms with Crippen molar-refractivity contribution in [2.24, 2.45) is 0 Å². The van der Waals surface area contributed by atoms with Gasteiger partial charge in [0.25, 0.3) is 0 Å². The Morgan fingerprint density at radius 2 is 1.95 bits per heavy atom. The Hall–Kier alpha value is -0.900. The molecule has 0 radical (unpaired) electrons. The fraction of sp³-hybridized carbons (Fsp3) is 0.438. The first kappa shape index (κ1) is 15.5. The number of hydrogen-bond donors (Lipinski definition) is 1. The Bertz CT molecular complexity index is 536. The first-order valence-corrected chi connectivity index (χ1v) is 8.29. The maximum atomic E-state index is 5.95. The number of rotatable bonds is 6. The van der Waals surface area contributed by atoms with Crippen LogP contribution in [0.4, 0.5) is 0 Å². The average Bonchev–Trinajstić information content (AvgIpc) is 2.94. The van der Waals surface area contributed by atoms with Gasteiger partial charge in [0.05, 0.1) is 6.04 Å². The van der Waals surface area contributed by atoms with Gasteiger partial charge in [-0.25, -0.2) is 4.98 Å². The van der Waals surface area contributed by atoms with Crippen LogP contribution in [-0.2, 0) is 6.42 Å². The van der Waals surface area contributed by atoms with Gasteiger partial charge in [0.1, 0.15) is 5.01 Å². The molecule has 2 nitrogen and oxygen atoms in total. The quantitative estimate of drug-likeness (QED) is 0.797. The van der Waals surface area contributed by atoms with Crippen molar-refractivity contribution >= 4 is 22.9 Å². The molecule has 1 aromatic heterocycles. The van der Waals surface area contributed by atoms with Crippen molar-refractivity contribution < 1.29 is 0 Å². The van der Waals surface area contributed by atoms with E-state index in [0.717, 1.165) is 22.9 Å². The molecule has 0 amide bonds. The molecular weight excluding hydrogens is 288 g/mol. The molecule has 0 aliphatic heterocycles. The number of nitrogens with one attached hydrogen (secondary N) is 1. The Morgan fingerprint density at radius 3 is 2.50 bits per heavy atom. The molecule has 0 aliphatic carbocycles. The summed E-state index contributed by atoms with van der Waals surface area (Å²) in [5.41, 5.74) is 1.27. The van der Waals surface area contributed by atoms with Crippen molar-refractivity contribution in [1.29, 1.82) is 0 Å². The lowest BCUT2D eigenvalue weighted by molar-refractivity contribution is 0.455. The van der Waals surface area contributed by atoms with Gasteiger partial charge in [0.15, 0.2) is 0 Å². The third-order valence-corrected chi connectivity index (χ3v) is 5.00. The molecule has 0 fully saturated rings. The third kappa shape index (κ3) is 3.81. The predicted octanol–water partition coefficient (Wildman–Crippen LogP) is 5.16. The highest BCUT2D eigenvalue weighted by Crippen LogP contribution is 2.26. The van der Waals surface area contributed by atoms with Gasteiger partial charge >= 0.3 is 0 Å². The van der Waals surface area contributed by atoms with Crippen LogP contribution in [0, 0.1) is 0 Å². The number of thiazole rings is 1. The molecule has 2 aromatic rings. The fourth-order valence-corrected chi connectivity index (χ4v) is 3.20. The lowest BCUT2D eigenvalue weighted by Gasteiger charge is -2.21. The van der Waals surface area contributed by atoms with Crippen molar-refractivity contribution in [3.05, 3.63) is 50.9 Å². The first-order valence-electron chi connectivity index (χ1n) is 7.10. The van der Waals surface area contributed by atoms with Gasteiger partial charge in [-0.15, -0.1) is 11.3 Å². The summed E-state index contributed by atoms with van der Waals surface area (Å²) in [4.78, 5) is 5.86. The highest BCUT2D eigenvalue weighted by molar-refractivity contribution is 7.11. The highest BCUT2D eigenvalue weighted by Gasteiger charge is 2.16. The molecule has 2 unspecified atom stereocenters. The lowest BCUT2D eigenvalue weighted by atomic mass is 10.0. The van der Waals surface area contributed by atoms with E-state index in [0.29, 0.717) is 6.04 Å². The van der Waals surface area contributed by atoms with Crippen molar-refractivity contribution in [3.63, 3.8) is 0 Å². The smallest absolute Gasteiger partial charge is 0.109 e. The summed E-state index contributed by atoms with van der Waals surface area (Å²) in [5.74, 6) is 0. The summed E-state index contributed by atoms with van der Waals surface area (Å²) in [6, 6.07) is 8.68. The summed E-state index contributed by atoms with van der Waals surface area (Å²) < 4.78 is 0. The van der Waals surface area contributed by atoms with E-state index in [-0.39, 0.29) is 6.04 Å². The molecule has 108 valence electrons. The maximum absolute atomic E-state index is 5.95. The minimum absolute atomic E-state index is 0.265. The topological polar surface area (TPSA) is 24.9 Å². The van der Waals surface area contributed by atoms with Gasteiger partial charge in [-0.1, -0.05) is 37.6 Å². The molecule has 20 heavy (non-hydrogen) atoms. The van der Waals surface area contributed by atoms with E-state index in [4.69, 9.17) is 11.6 Å². The monoisotopic (exact) mass is 308 g/mol. The number of hydrogen-bond acceptors (Lipinski definition) is 3. The molecule has 2 atom stereocenters. The van der Waals surface area contributed by atoms with Gasteiger partial charge in [-0.05, 0) is 37.5 Å². The zero-order chi connectivity index (χ0) is 14.5. The normalized spacial score (nSPS) is 14.2. The van der Waals surface area contributed by atoms with Crippen molar-refractivity contribution in [2.45, 2.75) is 45.7 Å². The molecule has 0 bridgehead atoms. The molecule has 0 saturated carbocycles. The molecule has 1 N–H and O–H groups in total. The summed E-state index contributed by atoms with van der Waals surface area (Å²) in [6.45, 7) is 6.53. The second-order valence-electron chi connectivity index (χ2n) is 4.92. The summed E-state index contributed by atoms with van der Waals surface area (Å²) >= 11 is 7.75. The van der Waals surface area contributed by atoms with Gasteiger partial charge in [0, 0.05) is 22.1 Å². The zero-order valence-electron chi connectivity index (χ0n) is 12.2. The van der Waals surface area contributed by atoms with Crippen LogP contribution in [0.3, 0.4) is 0 Å². The standard InChI is InChI=1S/C16H21ClN2S/c1-4-14-10-18-16(20-14)11(3)19-15(5-2)12-6-8-13(17)9-7-12/h6-11,15,19H,4-5H2,1-3H3. The summed E-state index contributed by atoms with van der Waals surface area (Å²) in [5, 5.41) is 5.60. The SMILES string of the molecule is CCc1cnc(C(C)NC(CC)c2ccc(Cl)cc2)s1. The Morgan fingerprint density at radius 1 is 1.25 bits per heavy atom. The van der Waals surface area contributed by atoms with Crippen LogP contribution in [0.2, 0.25) is 5.02 Å². The van der Waals surface area contributed by atoms with Crippen LogP contribution >= 0.6 is 22.9 Å². The van der Waals surface area contributed by atoms with Crippen molar-refractivity contribution in [1.82, 2.24) is 10.3 Å². The van der Waals surface area contributed by atoms with E-state index < -0.39 is 0 Å². The maximum Gasteiger partial charge on any atom is 0.109 e. The van der Waals surface area contributed by atoms with E-state index in [9.17, 15) is 0 Å². The van der Waals surface area contributed by atoms with Crippen LogP contribution < -0.4 is 5.32 Å². The second kappa shape index (κ2) is 7.21. The molecule has 0 spiro atoms. The molecule has 0 saturated heterocycles. The number of aryl methyl sites for hydroxylation is 1. The Labute approximate surface area is 130 Å². The fourth-order valence-electron chi connectivity index (χ4n) is 2.20. The molecule has 4 heteroatoms. The number of nitrogens with zero attached hydrogens (tertiary/aromatic N) is 1. The Balaban J connectivity index is 2.07. The van der Waals surface area contributed by atoms with Gasteiger partial charge in [-0.2, -0.15) is 0 Å². The largest absolute Gasteiger partial charge is 0.301 e. The number of aromatic nitrogens is 1. The van der Waals surface area contributed by atoms with E-state index in [1.54, 1.807) is 11.3 Å². The second-order valence-corrected chi connectivity index (χ2v) is 6.50. The minimum Gasteiger partial charge on any atom is -0.301 e.